The highest BCUT2D eigenvalue weighted by molar-refractivity contribution is 9.10. The second kappa shape index (κ2) is 5.07. The molecule has 1 aromatic carbocycles. The molecule has 96 valence electrons. The summed E-state index contributed by atoms with van der Waals surface area (Å²) in [4.78, 5) is 8.87. The molecule has 2 heterocycles. The molecule has 0 radical (unpaired) electrons. The van der Waals surface area contributed by atoms with Crippen molar-refractivity contribution in [1.82, 2.24) is 20.4 Å². The molecule has 0 amide bonds. The summed E-state index contributed by atoms with van der Waals surface area (Å²) in [5.74, 6) is 1.03. The zero-order valence-corrected chi connectivity index (χ0v) is 11.8. The first-order valence-electron chi connectivity index (χ1n) is 5.81. The molecule has 1 N–H and O–H groups in total. The van der Waals surface area contributed by atoms with Gasteiger partial charge in [-0.25, -0.2) is 4.98 Å². The van der Waals surface area contributed by atoms with E-state index in [4.69, 9.17) is 4.52 Å². The van der Waals surface area contributed by atoms with Gasteiger partial charge in [0, 0.05) is 9.86 Å². The molecular weight excluding hydrogens is 308 g/mol. The molecule has 6 heteroatoms. The molecule has 3 aromatic rings. The smallest absolute Gasteiger partial charge is 0.240 e. The monoisotopic (exact) mass is 318 g/mol. The number of aromatic nitrogens is 3. The number of hydrogen-bond acceptors (Lipinski definition) is 5. The number of hydrogen-bond donors (Lipinski definition) is 1. The zero-order valence-electron chi connectivity index (χ0n) is 10.2. The number of fused-ring (bicyclic) bond motifs is 1. The van der Waals surface area contributed by atoms with Crippen molar-refractivity contribution < 1.29 is 4.52 Å². The van der Waals surface area contributed by atoms with Gasteiger partial charge in [-0.1, -0.05) is 23.4 Å². The number of para-hydroxylation sites is 1. The number of nitrogens with zero attached hydrogens (tertiary/aromatic N) is 3. The first-order chi connectivity index (χ1) is 9.28. The van der Waals surface area contributed by atoms with E-state index in [-0.39, 0.29) is 0 Å². The Morgan fingerprint density at radius 3 is 2.95 bits per heavy atom. The van der Waals surface area contributed by atoms with Gasteiger partial charge in [0.1, 0.15) is 5.69 Å². The third-order valence-electron chi connectivity index (χ3n) is 2.69. The minimum absolute atomic E-state index is 0.489. The molecule has 0 aliphatic heterocycles. The Hall–Kier alpha value is -1.79. The Labute approximate surface area is 118 Å². The summed E-state index contributed by atoms with van der Waals surface area (Å²) in [5, 5.41) is 7.99. The van der Waals surface area contributed by atoms with Crippen LogP contribution in [0.25, 0.3) is 22.4 Å². The van der Waals surface area contributed by atoms with Crippen LogP contribution in [0.15, 0.2) is 39.3 Å². The highest BCUT2D eigenvalue weighted by Gasteiger charge is 2.13. The predicted octanol–water partition coefficient (Wildman–Crippen LogP) is 2.77. The van der Waals surface area contributed by atoms with Crippen molar-refractivity contribution in [2.24, 2.45) is 0 Å². The highest BCUT2D eigenvalue weighted by Crippen LogP contribution is 2.27. The van der Waals surface area contributed by atoms with Crippen LogP contribution in [0, 0.1) is 0 Å². The summed E-state index contributed by atoms with van der Waals surface area (Å²) in [7, 11) is 1.83. The van der Waals surface area contributed by atoms with E-state index >= 15 is 0 Å². The maximum absolute atomic E-state index is 5.14. The fourth-order valence-electron chi connectivity index (χ4n) is 1.82. The third kappa shape index (κ3) is 2.36. The molecule has 2 aromatic heterocycles. The minimum Gasteiger partial charge on any atom is -0.337 e. The number of pyridine rings is 1. The molecule has 19 heavy (non-hydrogen) atoms. The van der Waals surface area contributed by atoms with Crippen molar-refractivity contribution in [1.29, 1.82) is 0 Å². The first-order valence-corrected chi connectivity index (χ1v) is 6.60. The van der Waals surface area contributed by atoms with Crippen LogP contribution in [0.1, 0.15) is 5.89 Å². The van der Waals surface area contributed by atoms with E-state index in [0.29, 0.717) is 24.0 Å². The van der Waals surface area contributed by atoms with E-state index in [1.165, 1.54) is 0 Å². The van der Waals surface area contributed by atoms with Gasteiger partial charge in [-0.2, -0.15) is 4.98 Å². The van der Waals surface area contributed by atoms with Gasteiger partial charge in [0.2, 0.25) is 11.7 Å². The van der Waals surface area contributed by atoms with Gasteiger partial charge in [-0.15, -0.1) is 0 Å². The molecule has 0 fully saturated rings. The molecule has 5 nitrogen and oxygen atoms in total. The summed E-state index contributed by atoms with van der Waals surface area (Å²) in [6, 6.07) is 9.91. The van der Waals surface area contributed by atoms with E-state index in [9.17, 15) is 0 Å². The summed E-state index contributed by atoms with van der Waals surface area (Å²) in [5.41, 5.74) is 1.59. The fraction of sp³-hybridized carbons (Fsp3) is 0.154. The van der Waals surface area contributed by atoms with Gasteiger partial charge >= 0.3 is 0 Å². The molecule has 0 saturated heterocycles. The summed E-state index contributed by atoms with van der Waals surface area (Å²) in [6.45, 7) is 0.540. The molecular formula is C13H11BrN4O. The van der Waals surface area contributed by atoms with Crippen molar-refractivity contribution >= 4 is 26.8 Å². The van der Waals surface area contributed by atoms with Crippen molar-refractivity contribution in [3.63, 3.8) is 0 Å². The lowest BCUT2D eigenvalue weighted by atomic mass is 10.2. The standard InChI is InChI=1S/C13H11BrN4O/c1-15-7-11-17-13(18-19-11)12-9(14)6-8-4-2-3-5-10(8)16-12/h2-6,15H,7H2,1H3. The maximum Gasteiger partial charge on any atom is 0.240 e. The van der Waals surface area contributed by atoms with E-state index in [0.717, 1.165) is 15.4 Å². The Morgan fingerprint density at radius 1 is 1.26 bits per heavy atom. The van der Waals surface area contributed by atoms with Crippen molar-refractivity contribution in [3.8, 4) is 11.5 Å². The fourth-order valence-corrected chi connectivity index (χ4v) is 2.33. The van der Waals surface area contributed by atoms with Crippen LogP contribution < -0.4 is 5.32 Å². The lowest BCUT2D eigenvalue weighted by Gasteiger charge is -2.02. The highest BCUT2D eigenvalue weighted by atomic mass is 79.9. The van der Waals surface area contributed by atoms with Crippen LogP contribution >= 0.6 is 15.9 Å². The normalized spacial score (nSPS) is 11.1. The van der Waals surface area contributed by atoms with E-state index in [1.807, 2.05) is 37.4 Å². The maximum atomic E-state index is 5.14. The Morgan fingerprint density at radius 2 is 2.11 bits per heavy atom. The molecule has 0 aliphatic rings. The van der Waals surface area contributed by atoms with Crippen LogP contribution in [0.5, 0.6) is 0 Å². The lowest BCUT2D eigenvalue weighted by molar-refractivity contribution is 0.372. The van der Waals surface area contributed by atoms with Gasteiger partial charge < -0.3 is 9.84 Å². The Kier molecular flexibility index (Phi) is 3.27. The number of halogens is 1. The van der Waals surface area contributed by atoms with Crippen molar-refractivity contribution in [2.75, 3.05) is 7.05 Å². The Balaban J connectivity index is 2.10. The summed E-state index contributed by atoms with van der Waals surface area (Å²) in [6.07, 6.45) is 0. The largest absolute Gasteiger partial charge is 0.337 e. The van der Waals surface area contributed by atoms with Crippen LogP contribution in [0.3, 0.4) is 0 Å². The average Bonchev–Trinajstić information content (AvgIpc) is 2.87. The van der Waals surface area contributed by atoms with Crippen LogP contribution in [0.4, 0.5) is 0 Å². The van der Waals surface area contributed by atoms with Gasteiger partial charge in [-0.3, -0.25) is 0 Å². The summed E-state index contributed by atoms with van der Waals surface area (Å²) < 4.78 is 5.99. The van der Waals surface area contributed by atoms with E-state index < -0.39 is 0 Å². The average molecular weight is 319 g/mol. The van der Waals surface area contributed by atoms with Gasteiger partial charge in [-0.05, 0) is 35.1 Å². The number of rotatable bonds is 3. The van der Waals surface area contributed by atoms with E-state index in [2.05, 4.69) is 36.4 Å². The predicted molar refractivity (Wildman–Crippen MR) is 75.5 cm³/mol. The number of nitrogens with one attached hydrogen (secondary N) is 1. The van der Waals surface area contributed by atoms with Crippen molar-refractivity contribution in [2.45, 2.75) is 6.54 Å². The second-order valence-corrected chi connectivity index (χ2v) is 4.91. The third-order valence-corrected chi connectivity index (χ3v) is 3.29. The summed E-state index contributed by atoms with van der Waals surface area (Å²) >= 11 is 3.50. The Bertz CT molecular complexity index is 725. The van der Waals surface area contributed by atoms with Crippen LogP contribution in [0.2, 0.25) is 0 Å². The number of benzene rings is 1. The molecule has 0 saturated carbocycles. The quantitative estimate of drug-likeness (QED) is 0.804. The SMILES string of the molecule is CNCc1nc(-c2nc3ccccc3cc2Br)no1. The molecule has 0 aliphatic carbocycles. The van der Waals surface area contributed by atoms with Gasteiger partial charge in [0.15, 0.2) is 0 Å². The molecule has 0 bridgehead atoms. The van der Waals surface area contributed by atoms with Crippen LogP contribution in [-0.4, -0.2) is 22.2 Å². The molecule has 3 rings (SSSR count). The zero-order chi connectivity index (χ0) is 13.2. The van der Waals surface area contributed by atoms with Crippen LogP contribution in [-0.2, 0) is 6.54 Å². The topological polar surface area (TPSA) is 63.8 Å². The molecule has 0 unspecified atom stereocenters. The van der Waals surface area contributed by atoms with E-state index in [1.54, 1.807) is 0 Å². The molecule has 0 atom stereocenters. The van der Waals surface area contributed by atoms with Gasteiger partial charge in [0.25, 0.3) is 0 Å². The van der Waals surface area contributed by atoms with Gasteiger partial charge in [0.05, 0.1) is 12.1 Å². The lowest BCUT2D eigenvalue weighted by Crippen LogP contribution is -2.05. The first kappa shape index (κ1) is 12.3. The van der Waals surface area contributed by atoms with Crippen molar-refractivity contribution in [3.05, 3.63) is 40.7 Å². The second-order valence-electron chi connectivity index (χ2n) is 4.05. The molecule has 0 spiro atoms. The minimum atomic E-state index is 0.489.